The number of hydrogen-bond donors (Lipinski definition) is 2. The lowest BCUT2D eigenvalue weighted by Crippen LogP contribution is -2.29. The topological polar surface area (TPSA) is 62.5 Å². The first-order chi connectivity index (χ1) is 16.5. The Kier molecular flexibility index (Phi) is 5.71. The SMILES string of the molecule is COc1cccc(N2C(=S)N[C@H](c3ccccn3)[C@@H]2c2cc(C)n(-c3ccc(O)cc3)c2C)c1. The summed E-state index contributed by atoms with van der Waals surface area (Å²) in [5, 5.41) is 13.9. The minimum atomic E-state index is -0.131. The van der Waals surface area contributed by atoms with Crippen LogP contribution in [0.1, 0.15) is 34.7 Å². The number of aromatic hydroxyl groups is 1. The van der Waals surface area contributed by atoms with Crippen molar-refractivity contribution in [3.63, 3.8) is 0 Å². The average Bonchev–Trinajstić information content (AvgIpc) is 3.35. The molecule has 0 spiro atoms. The fraction of sp³-hybridized carbons (Fsp3) is 0.185. The summed E-state index contributed by atoms with van der Waals surface area (Å²) >= 11 is 5.86. The first-order valence-electron chi connectivity index (χ1n) is 11.1. The third-order valence-electron chi connectivity index (χ3n) is 6.33. The number of methoxy groups -OCH3 is 1. The summed E-state index contributed by atoms with van der Waals surface area (Å²) in [6.45, 7) is 4.21. The van der Waals surface area contributed by atoms with Gasteiger partial charge >= 0.3 is 0 Å². The maximum Gasteiger partial charge on any atom is 0.174 e. The van der Waals surface area contributed by atoms with E-state index in [2.05, 4.69) is 39.7 Å². The summed E-state index contributed by atoms with van der Waals surface area (Å²) in [5.41, 5.74) is 6.23. The Morgan fingerprint density at radius 1 is 0.971 bits per heavy atom. The Morgan fingerprint density at radius 3 is 2.47 bits per heavy atom. The molecule has 2 aromatic heterocycles. The molecule has 0 amide bonds. The number of phenols is 1. The van der Waals surface area contributed by atoms with E-state index in [9.17, 15) is 5.11 Å². The van der Waals surface area contributed by atoms with Crippen molar-refractivity contribution in [3.05, 3.63) is 102 Å². The molecule has 5 rings (SSSR count). The number of phenolic OH excluding ortho intramolecular Hbond substituents is 1. The van der Waals surface area contributed by atoms with Gasteiger partial charge in [0, 0.05) is 35.0 Å². The number of anilines is 1. The Balaban J connectivity index is 1.68. The van der Waals surface area contributed by atoms with E-state index < -0.39 is 0 Å². The molecule has 7 heteroatoms. The van der Waals surface area contributed by atoms with Crippen LogP contribution in [0.25, 0.3) is 5.69 Å². The van der Waals surface area contributed by atoms with Gasteiger partial charge in [-0.25, -0.2) is 0 Å². The van der Waals surface area contributed by atoms with Crippen LogP contribution in [0.2, 0.25) is 0 Å². The molecule has 0 unspecified atom stereocenters. The maximum atomic E-state index is 9.76. The van der Waals surface area contributed by atoms with E-state index in [0.717, 1.165) is 39.8 Å². The standard InChI is InChI=1S/C27H26N4O2S/c1-17-15-23(18(2)30(17)19-10-12-21(32)13-11-19)26-25(24-9-4-5-14-28-24)29-27(34)31(26)20-7-6-8-22(16-20)33-3/h4-16,25-26,32H,1-3H3,(H,29,34)/t25-,26+/m1/s1. The van der Waals surface area contributed by atoms with Crippen LogP contribution < -0.4 is 15.0 Å². The third kappa shape index (κ3) is 3.78. The Morgan fingerprint density at radius 2 is 1.76 bits per heavy atom. The van der Waals surface area contributed by atoms with Crippen molar-refractivity contribution in [3.8, 4) is 17.2 Å². The molecular weight excluding hydrogens is 444 g/mol. The fourth-order valence-corrected chi connectivity index (χ4v) is 5.14. The number of aromatic nitrogens is 2. The molecule has 0 aliphatic carbocycles. The third-order valence-corrected chi connectivity index (χ3v) is 6.64. The quantitative estimate of drug-likeness (QED) is 0.382. The van der Waals surface area contributed by atoms with E-state index >= 15 is 0 Å². The number of nitrogens with zero attached hydrogens (tertiary/aromatic N) is 3. The van der Waals surface area contributed by atoms with Crippen LogP contribution in [0.4, 0.5) is 5.69 Å². The number of nitrogens with one attached hydrogen (secondary N) is 1. The van der Waals surface area contributed by atoms with Crippen molar-refractivity contribution in [2.45, 2.75) is 25.9 Å². The second-order valence-electron chi connectivity index (χ2n) is 8.38. The van der Waals surface area contributed by atoms with Crippen LogP contribution in [0.3, 0.4) is 0 Å². The van der Waals surface area contributed by atoms with Crippen LogP contribution in [0.5, 0.6) is 11.5 Å². The molecule has 34 heavy (non-hydrogen) atoms. The molecule has 172 valence electrons. The molecule has 2 atom stereocenters. The van der Waals surface area contributed by atoms with Gasteiger partial charge in [-0.2, -0.15) is 0 Å². The largest absolute Gasteiger partial charge is 0.508 e. The van der Waals surface area contributed by atoms with Gasteiger partial charge in [0.25, 0.3) is 0 Å². The number of hydrogen-bond acceptors (Lipinski definition) is 4. The van der Waals surface area contributed by atoms with Gasteiger partial charge < -0.3 is 24.6 Å². The van der Waals surface area contributed by atoms with Gasteiger partial charge in [-0.05, 0) is 86.2 Å². The molecule has 1 fully saturated rings. The van der Waals surface area contributed by atoms with Crippen molar-refractivity contribution in [2.24, 2.45) is 0 Å². The highest BCUT2D eigenvalue weighted by molar-refractivity contribution is 7.80. The minimum absolute atomic E-state index is 0.119. The lowest BCUT2D eigenvalue weighted by molar-refractivity contribution is 0.415. The van der Waals surface area contributed by atoms with Crippen molar-refractivity contribution >= 4 is 23.0 Å². The number of benzene rings is 2. The second-order valence-corrected chi connectivity index (χ2v) is 8.76. The summed E-state index contributed by atoms with van der Waals surface area (Å²) < 4.78 is 7.69. The first kappa shape index (κ1) is 22.0. The summed E-state index contributed by atoms with van der Waals surface area (Å²) in [5.74, 6) is 1.02. The maximum absolute atomic E-state index is 9.76. The highest BCUT2D eigenvalue weighted by atomic mass is 32.1. The van der Waals surface area contributed by atoms with Crippen LogP contribution in [-0.2, 0) is 0 Å². The molecule has 1 aliphatic rings. The molecule has 2 aromatic carbocycles. The van der Waals surface area contributed by atoms with Crippen molar-refractivity contribution in [1.29, 1.82) is 0 Å². The molecule has 0 radical (unpaired) electrons. The molecular formula is C27H26N4O2S. The summed E-state index contributed by atoms with van der Waals surface area (Å²) in [4.78, 5) is 6.80. The Bertz CT molecular complexity index is 1330. The Hall–Kier alpha value is -3.84. The van der Waals surface area contributed by atoms with Crippen molar-refractivity contribution < 1.29 is 9.84 Å². The monoisotopic (exact) mass is 470 g/mol. The van der Waals surface area contributed by atoms with Crippen LogP contribution in [0.15, 0.2) is 79.0 Å². The highest BCUT2D eigenvalue weighted by Crippen LogP contribution is 2.44. The van der Waals surface area contributed by atoms with E-state index in [4.69, 9.17) is 17.0 Å². The summed E-state index contributed by atoms with van der Waals surface area (Å²) in [6.07, 6.45) is 1.81. The van der Waals surface area contributed by atoms with Gasteiger partial charge in [0.1, 0.15) is 11.5 Å². The normalized spacial score (nSPS) is 17.6. The lowest BCUT2D eigenvalue weighted by atomic mass is 9.96. The van der Waals surface area contributed by atoms with E-state index in [1.165, 1.54) is 0 Å². The number of thiocarbonyl (C=S) groups is 1. The second kappa shape index (κ2) is 8.83. The van der Waals surface area contributed by atoms with Gasteiger partial charge in [0.15, 0.2) is 5.11 Å². The van der Waals surface area contributed by atoms with Crippen molar-refractivity contribution in [1.82, 2.24) is 14.9 Å². The van der Waals surface area contributed by atoms with E-state index in [1.807, 2.05) is 60.8 Å². The molecule has 3 heterocycles. The molecule has 0 saturated carbocycles. The summed E-state index contributed by atoms with van der Waals surface area (Å²) in [6, 6.07) is 23.1. The fourth-order valence-electron chi connectivity index (χ4n) is 4.80. The number of ether oxygens (including phenoxy) is 1. The van der Waals surface area contributed by atoms with E-state index in [1.54, 1.807) is 19.2 Å². The van der Waals surface area contributed by atoms with E-state index in [-0.39, 0.29) is 17.8 Å². The van der Waals surface area contributed by atoms with Crippen LogP contribution in [-0.4, -0.2) is 26.9 Å². The molecule has 6 nitrogen and oxygen atoms in total. The minimum Gasteiger partial charge on any atom is -0.508 e. The first-order valence-corrected chi connectivity index (χ1v) is 11.5. The van der Waals surface area contributed by atoms with E-state index in [0.29, 0.717) is 5.11 Å². The predicted octanol–water partition coefficient (Wildman–Crippen LogP) is 5.38. The molecule has 1 saturated heterocycles. The van der Waals surface area contributed by atoms with Crippen LogP contribution >= 0.6 is 12.2 Å². The van der Waals surface area contributed by atoms with Crippen LogP contribution in [0, 0.1) is 13.8 Å². The van der Waals surface area contributed by atoms with Gasteiger partial charge in [0.05, 0.1) is 24.9 Å². The molecule has 2 N–H and O–H groups in total. The van der Waals surface area contributed by atoms with Gasteiger partial charge in [0.2, 0.25) is 0 Å². The predicted molar refractivity (Wildman–Crippen MR) is 138 cm³/mol. The summed E-state index contributed by atoms with van der Waals surface area (Å²) in [7, 11) is 1.67. The Labute approximate surface area is 204 Å². The zero-order valence-electron chi connectivity index (χ0n) is 19.3. The highest BCUT2D eigenvalue weighted by Gasteiger charge is 2.42. The molecule has 4 aromatic rings. The van der Waals surface area contributed by atoms with Crippen molar-refractivity contribution in [2.75, 3.05) is 12.0 Å². The van der Waals surface area contributed by atoms with Gasteiger partial charge in [-0.15, -0.1) is 0 Å². The smallest absolute Gasteiger partial charge is 0.174 e. The zero-order chi connectivity index (χ0) is 23.8. The molecule has 0 bridgehead atoms. The average molecular weight is 471 g/mol. The zero-order valence-corrected chi connectivity index (χ0v) is 20.1. The number of rotatable bonds is 5. The molecule has 1 aliphatic heterocycles. The number of pyridine rings is 1. The van der Waals surface area contributed by atoms with Gasteiger partial charge in [-0.3, -0.25) is 4.98 Å². The van der Waals surface area contributed by atoms with Gasteiger partial charge in [-0.1, -0.05) is 12.1 Å². The number of aryl methyl sites for hydroxylation is 1. The lowest BCUT2D eigenvalue weighted by Gasteiger charge is -2.28.